The Morgan fingerprint density at radius 2 is 2.38 bits per heavy atom. The van der Waals surface area contributed by atoms with Crippen LogP contribution in [-0.2, 0) is 16.1 Å². The molecule has 3 unspecified atom stereocenters. The van der Waals surface area contributed by atoms with E-state index in [1.807, 2.05) is 13.1 Å². The molecule has 1 saturated heterocycles. The Labute approximate surface area is 122 Å². The second kappa shape index (κ2) is 6.13. The zero-order valence-corrected chi connectivity index (χ0v) is 12.1. The lowest BCUT2D eigenvalue weighted by Gasteiger charge is -2.26. The van der Waals surface area contributed by atoms with Gasteiger partial charge in [-0.1, -0.05) is 0 Å². The van der Waals surface area contributed by atoms with Crippen molar-refractivity contribution >= 4 is 12.0 Å². The molecule has 0 radical (unpaired) electrons. The molecule has 8 nitrogen and oxygen atoms in total. The Kier molecular flexibility index (Phi) is 4.46. The molecule has 1 aliphatic heterocycles. The van der Waals surface area contributed by atoms with E-state index in [1.54, 1.807) is 23.9 Å². The summed E-state index contributed by atoms with van der Waals surface area (Å²) in [7, 11) is 0. The van der Waals surface area contributed by atoms with E-state index in [-0.39, 0.29) is 19.3 Å². The first kappa shape index (κ1) is 15.3. The van der Waals surface area contributed by atoms with Gasteiger partial charge in [-0.15, -0.1) is 0 Å². The fraction of sp³-hybridized carbons (Fsp3) is 0.615. The number of hydrogen-bond donors (Lipinski definition) is 3. The summed E-state index contributed by atoms with van der Waals surface area (Å²) in [4.78, 5) is 23.2. The van der Waals surface area contributed by atoms with Crippen LogP contribution >= 0.6 is 0 Å². The quantitative estimate of drug-likeness (QED) is 0.712. The van der Waals surface area contributed by atoms with E-state index in [0.717, 1.165) is 0 Å². The molecule has 2 rings (SSSR count). The van der Waals surface area contributed by atoms with Gasteiger partial charge in [0.1, 0.15) is 5.41 Å². The molecule has 2 amide bonds. The first-order chi connectivity index (χ1) is 9.91. The molecule has 21 heavy (non-hydrogen) atoms. The Hall–Kier alpha value is -2.09. The zero-order valence-electron chi connectivity index (χ0n) is 12.1. The van der Waals surface area contributed by atoms with Gasteiger partial charge in [-0.05, 0) is 19.9 Å². The second-order valence-electron chi connectivity index (χ2n) is 5.54. The molecule has 2 heterocycles. The molecule has 0 spiro atoms. The Bertz CT molecular complexity index is 504. The number of carbonyl (C=O) groups is 2. The summed E-state index contributed by atoms with van der Waals surface area (Å²) in [6, 6.07) is 0.717. The van der Waals surface area contributed by atoms with Gasteiger partial charge >= 0.3 is 12.0 Å². The van der Waals surface area contributed by atoms with Crippen LogP contribution < -0.4 is 10.6 Å². The minimum Gasteiger partial charge on any atom is -0.481 e. The molecule has 3 atom stereocenters. The number of aromatic nitrogens is 2. The summed E-state index contributed by atoms with van der Waals surface area (Å²) in [5.41, 5.74) is -1.09. The summed E-state index contributed by atoms with van der Waals surface area (Å²) < 4.78 is 6.90. The number of ether oxygens (including phenoxy) is 1. The third-order valence-electron chi connectivity index (χ3n) is 3.65. The lowest BCUT2D eigenvalue weighted by atomic mass is 9.85. The summed E-state index contributed by atoms with van der Waals surface area (Å²) in [5, 5.41) is 18.7. The third-order valence-corrected chi connectivity index (χ3v) is 3.65. The highest BCUT2D eigenvalue weighted by Crippen LogP contribution is 2.28. The minimum absolute atomic E-state index is 0.0934. The first-order valence-electron chi connectivity index (χ1n) is 6.77. The van der Waals surface area contributed by atoms with Crippen LogP contribution in [0.2, 0.25) is 0 Å². The minimum atomic E-state index is -1.09. The average molecular weight is 296 g/mol. The van der Waals surface area contributed by atoms with Crippen LogP contribution in [0.3, 0.4) is 0 Å². The molecule has 1 aromatic rings. The summed E-state index contributed by atoms with van der Waals surface area (Å²) in [6.45, 7) is 4.25. The predicted octanol–water partition coefficient (Wildman–Crippen LogP) is 0.0605. The van der Waals surface area contributed by atoms with Crippen molar-refractivity contribution in [2.75, 3.05) is 13.2 Å². The van der Waals surface area contributed by atoms with Gasteiger partial charge in [-0.3, -0.25) is 9.48 Å². The number of carboxylic acid groups (broad SMARTS) is 1. The molecular weight excluding hydrogens is 276 g/mol. The van der Waals surface area contributed by atoms with E-state index in [4.69, 9.17) is 4.74 Å². The van der Waals surface area contributed by atoms with Crippen LogP contribution in [0.4, 0.5) is 4.79 Å². The molecule has 3 N–H and O–H groups in total. The molecule has 0 aromatic carbocycles. The number of amides is 2. The van der Waals surface area contributed by atoms with Crippen LogP contribution in [0, 0.1) is 5.41 Å². The maximum Gasteiger partial charge on any atom is 0.315 e. The molecule has 1 fully saturated rings. The van der Waals surface area contributed by atoms with Crippen LogP contribution in [0.1, 0.15) is 13.8 Å². The van der Waals surface area contributed by atoms with Gasteiger partial charge in [0.25, 0.3) is 0 Å². The van der Waals surface area contributed by atoms with Crippen molar-refractivity contribution in [3.8, 4) is 0 Å². The third kappa shape index (κ3) is 3.52. The van der Waals surface area contributed by atoms with E-state index in [2.05, 4.69) is 15.7 Å². The van der Waals surface area contributed by atoms with Crippen molar-refractivity contribution < 1.29 is 19.4 Å². The lowest BCUT2D eigenvalue weighted by molar-refractivity contribution is -0.148. The SMILES string of the molecule is CC(Cn1cccn1)NC(=O)NC1COCC1(C)C(=O)O. The fourth-order valence-electron chi connectivity index (χ4n) is 2.24. The predicted molar refractivity (Wildman–Crippen MR) is 73.7 cm³/mol. The molecule has 0 bridgehead atoms. The van der Waals surface area contributed by atoms with E-state index >= 15 is 0 Å². The van der Waals surface area contributed by atoms with E-state index in [0.29, 0.717) is 6.54 Å². The molecule has 1 aliphatic rings. The molecule has 0 saturated carbocycles. The van der Waals surface area contributed by atoms with Crippen LogP contribution in [0.5, 0.6) is 0 Å². The van der Waals surface area contributed by atoms with Crippen LogP contribution in [-0.4, -0.2) is 52.2 Å². The van der Waals surface area contributed by atoms with E-state index in [9.17, 15) is 14.7 Å². The smallest absolute Gasteiger partial charge is 0.315 e. The topological polar surface area (TPSA) is 105 Å². The van der Waals surface area contributed by atoms with E-state index < -0.39 is 23.5 Å². The van der Waals surface area contributed by atoms with Gasteiger partial charge in [-0.25, -0.2) is 4.79 Å². The maximum absolute atomic E-state index is 11.9. The maximum atomic E-state index is 11.9. The molecule has 0 aliphatic carbocycles. The number of carboxylic acids is 1. The summed E-state index contributed by atoms with van der Waals surface area (Å²) >= 11 is 0. The van der Waals surface area contributed by atoms with Gasteiger partial charge in [0.2, 0.25) is 0 Å². The highest BCUT2D eigenvalue weighted by atomic mass is 16.5. The summed E-state index contributed by atoms with van der Waals surface area (Å²) in [6.07, 6.45) is 3.48. The Morgan fingerprint density at radius 3 is 3.00 bits per heavy atom. The first-order valence-corrected chi connectivity index (χ1v) is 6.77. The number of rotatable bonds is 5. The number of hydrogen-bond acceptors (Lipinski definition) is 4. The monoisotopic (exact) mass is 296 g/mol. The van der Waals surface area contributed by atoms with Crippen molar-refractivity contribution in [2.24, 2.45) is 5.41 Å². The van der Waals surface area contributed by atoms with Crippen molar-refractivity contribution in [3.05, 3.63) is 18.5 Å². The largest absolute Gasteiger partial charge is 0.481 e. The lowest BCUT2D eigenvalue weighted by Crippen LogP contribution is -2.54. The van der Waals surface area contributed by atoms with Crippen molar-refractivity contribution in [1.82, 2.24) is 20.4 Å². The van der Waals surface area contributed by atoms with Gasteiger partial charge in [0.15, 0.2) is 0 Å². The summed E-state index contributed by atoms with van der Waals surface area (Å²) in [5.74, 6) is -0.977. The molecular formula is C13H20N4O4. The number of nitrogens with zero attached hydrogens (tertiary/aromatic N) is 2. The van der Waals surface area contributed by atoms with Crippen LogP contribution in [0.15, 0.2) is 18.5 Å². The van der Waals surface area contributed by atoms with Crippen molar-refractivity contribution in [3.63, 3.8) is 0 Å². The highest BCUT2D eigenvalue weighted by Gasteiger charge is 2.47. The zero-order chi connectivity index (χ0) is 15.5. The number of urea groups is 1. The normalized spacial score (nSPS) is 26.3. The van der Waals surface area contributed by atoms with E-state index in [1.165, 1.54) is 0 Å². The van der Waals surface area contributed by atoms with Gasteiger partial charge < -0.3 is 20.5 Å². The number of carbonyl (C=O) groups excluding carboxylic acids is 1. The fourth-order valence-corrected chi connectivity index (χ4v) is 2.24. The molecule has 8 heteroatoms. The van der Waals surface area contributed by atoms with Gasteiger partial charge in [0.05, 0.1) is 25.8 Å². The standard InChI is InChI=1S/C13H20N4O4/c1-9(6-17-5-3-4-14-17)15-12(20)16-10-7-21-8-13(10,2)11(18)19/h3-5,9-10H,6-8H2,1-2H3,(H,18,19)(H2,15,16,20). The second-order valence-corrected chi connectivity index (χ2v) is 5.54. The van der Waals surface area contributed by atoms with Crippen molar-refractivity contribution in [2.45, 2.75) is 32.5 Å². The van der Waals surface area contributed by atoms with Gasteiger partial charge in [-0.2, -0.15) is 5.10 Å². The molecule has 116 valence electrons. The van der Waals surface area contributed by atoms with Crippen LogP contribution in [0.25, 0.3) is 0 Å². The Balaban J connectivity index is 1.85. The van der Waals surface area contributed by atoms with Crippen molar-refractivity contribution in [1.29, 1.82) is 0 Å². The highest BCUT2D eigenvalue weighted by molar-refractivity contribution is 5.79. The van der Waals surface area contributed by atoms with Gasteiger partial charge in [0, 0.05) is 18.4 Å². The number of aliphatic carboxylic acids is 1. The Morgan fingerprint density at radius 1 is 1.62 bits per heavy atom. The molecule has 1 aromatic heterocycles. The average Bonchev–Trinajstić information content (AvgIpc) is 3.01. The number of nitrogens with one attached hydrogen (secondary N) is 2.